The molecule has 1 amide bonds. The number of nitrogens with zero attached hydrogens (tertiary/aromatic N) is 1. The second-order valence-corrected chi connectivity index (χ2v) is 5.93. The SMILES string of the molecule is CCC(C(=O)Nc1ccc(C)c(N)c1)N1CCCCCC1. The Morgan fingerprint density at radius 3 is 2.52 bits per heavy atom. The number of rotatable bonds is 4. The molecule has 4 nitrogen and oxygen atoms in total. The Hall–Kier alpha value is -1.55. The van der Waals surface area contributed by atoms with Crippen LogP contribution in [0.1, 0.15) is 44.6 Å². The van der Waals surface area contributed by atoms with E-state index in [0.717, 1.165) is 36.4 Å². The van der Waals surface area contributed by atoms with Crippen molar-refractivity contribution < 1.29 is 4.79 Å². The number of amides is 1. The third kappa shape index (κ3) is 4.21. The van der Waals surface area contributed by atoms with Crippen molar-refractivity contribution in [3.05, 3.63) is 23.8 Å². The number of benzene rings is 1. The summed E-state index contributed by atoms with van der Waals surface area (Å²) in [5, 5.41) is 3.02. The Bertz CT molecular complexity index is 479. The van der Waals surface area contributed by atoms with Crippen molar-refractivity contribution in [1.82, 2.24) is 4.90 Å². The zero-order chi connectivity index (χ0) is 15.2. The van der Waals surface area contributed by atoms with Crippen molar-refractivity contribution in [3.63, 3.8) is 0 Å². The molecule has 3 N–H and O–H groups in total. The standard InChI is InChI=1S/C17H27N3O/c1-3-16(20-10-6-4-5-7-11-20)17(21)19-14-9-8-13(2)15(18)12-14/h8-9,12,16H,3-7,10-11,18H2,1-2H3,(H,19,21). The smallest absolute Gasteiger partial charge is 0.241 e. The van der Waals surface area contributed by atoms with Gasteiger partial charge in [-0.15, -0.1) is 0 Å². The van der Waals surface area contributed by atoms with E-state index in [-0.39, 0.29) is 11.9 Å². The number of carbonyl (C=O) groups excluding carboxylic acids is 1. The van der Waals surface area contributed by atoms with Crippen molar-refractivity contribution >= 4 is 17.3 Å². The molecule has 21 heavy (non-hydrogen) atoms. The van der Waals surface area contributed by atoms with Crippen LogP contribution in [0.3, 0.4) is 0 Å². The van der Waals surface area contributed by atoms with Crippen molar-refractivity contribution in [2.24, 2.45) is 0 Å². The van der Waals surface area contributed by atoms with Crippen LogP contribution in [0.25, 0.3) is 0 Å². The van der Waals surface area contributed by atoms with Crippen molar-refractivity contribution in [2.45, 2.75) is 52.0 Å². The minimum atomic E-state index is -0.0365. The quantitative estimate of drug-likeness (QED) is 0.837. The third-order valence-electron chi connectivity index (χ3n) is 4.32. The second kappa shape index (κ2) is 7.46. The summed E-state index contributed by atoms with van der Waals surface area (Å²) in [6, 6.07) is 5.66. The van der Waals surface area contributed by atoms with E-state index in [1.165, 1.54) is 25.7 Å². The second-order valence-electron chi connectivity index (χ2n) is 5.93. The van der Waals surface area contributed by atoms with E-state index in [1.807, 2.05) is 25.1 Å². The Morgan fingerprint density at radius 2 is 1.95 bits per heavy atom. The molecular formula is C17H27N3O. The van der Waals surface area contributed by atoms with Gasteiger partial charge in [0.05, 0.1) is 6.04 Å². The summed E-state index contributed by atoms with van der Waals surface area (Å²) in [5.41, 5.74) is 8.45. The molecule has 4 heteroatoms. The van der Waals surface area contributed by atoms with Crippen LogP contribution in [-0.4, -0.2) is 29.9 Å². The monoisotopic (exact) mass is 289 g/mol. The van der Waals surface area contributed by atoms with Gasteiger partial charge in [-0.3, -0.25) is 9.69 Å². The van der Waals surface area contributed by atoms with E-state index in [0.29, 0.717) is 0 Å². The number of aryl methyl sites for hydroxylation is 1. The lowest BCUT2D eigenvalue weighted by atomic mass is 10.1. The lowest BCUT2D eigenvalue weighted by Gasteiger charge is -2.28. The first-order valence-corrected chi connectivity index (χ1v) is 8.03. The fourth-order valence-corrected chi connectivity index (χ4v) is 2.96. The van der Waals surface area contributed by atoms with Gasteiger partial charge < -0.3 is 11.1 Å². The van der Waals surface area contributed by atoms with Crippen molar-refractivity contribution in [3.8, 4) is 0 Å². The van der Waals surface area contributed by atoms with Crippen LogP contribution >= 0.6 is 0 Å². The van der Waals surface area contributed by atoms with Crippen LogP contribution in [0, 0.1) is 6.92 Å². The van der Waals surface area contributed by atoms with Crippen molar-refractivity contribution in [2.75, 3.05) is 24.1 Å². The number of hydrogen-bond donors (Lipinski definition) is 2. The molecule has 2 rings (SSSR count). The maximum Gasteiger partial charge on any atom is 0.241 e. The number of anilines is 2. The summed E-state index contributed by atoms with van der Waals surface area (Å²) >= 11 is 0. The molecule has 0 aliphatic carbocycles. The van der Waals surface area contributed by atoms with Crippen molar-refractivity contribution in [1.29, 1.82) is 0 Å². The molecule has 1 unspecified atom stereocenters. The van der Waals surface area contributed by atoms with Gasteiger partial charge in [-0.05, 0) is 57.0 Å². The predicted molar refractivity (Wildman–Crippen MR) is 88.3 cm³/mol. The molecule has 1 aromatic carbocycles. The number of nitrogen functional groups attached to an aromatic ring is 1. The van der Waals surface area contributed by atoms with E-state index in [9.17, 15) is 4.79 Å². The van der Waals surface area contributed by atoms with Crippen LogP contribution < -0.4 is 11.1 Å². The molecule has 0 saturated carbocycles. The lowest BCUT2D eigenvalue weighted by molar-refractivity contribution is -0.121. The van der Waals surface area contributed by atoms with Gasteiger partial charge in [0, 0.05) is 11.4 Å². The highest BCUT2D eigenvalue weighted by Gasteiger charge is 2.24. The van der Waals surface area contributed by atoms with Crippen LogP contribution in [0.4, 0.5) is 11.4 Å². The van der Waals surface area contributed by atoms with Crippen LogP contribution in [0.2, 0.25) is 0 Å². The van der Waals surface area contributed by atoms with E-state index in [1.54, 1.807) is 0 Å². The fourth-order valence-electron chi connectivity index (χ4n) is 2.96. The first-order chi connectivity index (χ1) is 10.1. The van der Waals surface area contributed by atoms with Gasteiger partial charge in [0.15, 0.2) is 0 Å². The van der Waals surface area contributed by atoms with Gasteiger partial charge in [0.25, 0.3) is 0 Å². The Morgan fingerprint density at radius 1 is 1.29 bits per heavy atom. The molecule has 1 fully saturated rings. The van der Waals surface area contributed by atoms with Crippen LogP contribution in [0.5, 0.6) is 0 Å². The lowest BCUT2D eigenvalue weighted by Crippen LogP contribution is -2.44. The Kier molecular flexibility index (Phi) is 5.62. The summed E-state index contributed by atoms with van der Waals surface area (Å²) < 4.78 is 0. The minimum absolute atomic E-state index is 0.0365. The number of nitrogens with two attached hydrogens (primary N) is 1. The topological polar surface area (TPSA) is 58.4 Å². The van der Waals surface area contributed by atoms with Gasteiger partial charge in [0.2, 0.25) is 5.91 Å². The first kappa shape index (κ1) is 15.8. The molecule has 116 valence electrons. The minimum Gasteiger partial charge on any atom is -0.398 e. The summed E-state index contributed by atoms with van der Waals surface area (Å²) in [6.07, 6.45) is 5.79. The molecule has 0 spiro atoms. The Labute approximate surface area is 127 Å². The summed E-state index contributed by atoms with van der Waals surface area (Å²) in [7, 11) is 0. The average molecular weight is 289 g/mol. The fraction of sp³-hybridized carbons (Fsp3) is 0.588. The average Bonchev–Trinajstić information content (AvgIpc) is 2.73. The number of carbonyl (C=O) groups is 1. The maximum atomic E-state index is 12.6. The molecule has 1 aliphatic rings. The molecule has 0 aromatic heterocycles. The summed E-state index contributed by atoms with van der Waals surface area (Å²) in [4.78, 5) is 14.9. The summed E-state index contributed by atoms with van der Waals surface area (Å²) in [5.74, 6) is 0.0858. The van der Waals surface area contributed by atoms with E-state index >= 15 is 0 Å². The van der Waals surface area contributed by atoms with Crippen LogP contribution in [-0.2, 0) is 4.79 Å². The Balaban J connectivity index is 2.03. The zero-order valence-electron chi connectivity index (χ0n) is 13.2. The molecule has 0 radical (unpaired) electrons. The van der Waals surface area contributed by atoms with Gasteiger partial charge in [-0.1, -0.05) is 25.8 Å². The van der Waals surface area contributed by atoms with Gasteiger partial charge in [-0.2, -0.15) is 0 Å². The maximum absolute atomic E-state index is 12.6. The number of nitrogens with one attached hydrogen (secondary N) is 1. The van der Waals surface area contributed by atoms with E-state index in [2.05, 4.69) is 17.1 Å². The molecule has 1 heterocycles. The molecule has 1 aliphatic heterocycles. The van der Waals surface area contributed by atoms with E-state index < -0.39 is 0 Å². The normalized spacial score (nSPS) is 18.0. The van der Waals surface area contributed by atoms with Gasteiger partial charge >= 0.3 is 0 Å². The molecule has 1 atom stereocenters. The molecule has 1 aromatic rings. The van der Waals surface area contributed by atoms with Gasteiger partial charge in [0.1, 0.15) is 0 Å². The number of likely N-dealkylation sites (tertiary alicyclic amines) is 1. The largest absolute Gasteiger partial charge is 0.398 e. The van der Waals surface area contributed by atoms with Crippen LogP contribution in [0.15, 0.2) is 18.2 Å². The third-order valence-corrected chi connectivity index (χ3v) is 4.32. The highest BCUT2D eigenvalue weighted by Crippen LogP contribution is 2.19. The predicted octanol–water partition coefficient (Wildman–Crippen LogP) is 3.17. The van der Waals surface area contributed by atoms with Gasteiger partial charge in [-0.25, -0.2) is 0 Å². The first-order valence-electron chi connectivity index (χ1n) is 8.03. The molecule has 0 bridgehead atoms. The van der Waals surface area contributed by atoms with E-state index in [4.69, 9.17) is 5.73 Å². The summed E-state index contributed by atoms with van der Waals surface area (Å²) in [6.45, 7) is 6.11. The zero-order valence-corrected chi connectivity index (χ0v) is 13.2. The highest BCUT2D eigenvalue weighted by atomic mass is 16.2. The number of hydrogen-bond acceptors (Lipinski definition) is 3. The molecule has 1 saturated heterocycles. The highest BCUT2D eigenvalue weighted by molar-refractivity contribution is 5.95. The molecular weight excluding hydrogens is 262 g/mol.